The maximum absolute atomic E-state index is 5.29. The fourth-order valence-electron chi connectivity index (χ4n) is 3.19. The summed E-state index contributed by atoms with van der Waals surface area (Å²) in [4.78, 5) is 0. The molecule has 1 aliphatic rings. The van der Waals surface area contributed by atoms with Gasteiger partial charge >= 0.3 is 0 Å². The third kappa shape index (κ3) is 2.67. The molecule has 0 bridgehead atoms. The smallest absolute Gasteiger partial charge is 0.133 e. The number of nitrogens with one attached hydrogen (secondary N) is 1. The van der Waals surface area contributed by atoms with Crippen LogP contribution in [0.5, 0.6) is 5.75 Å². The lowest BCUT2D eigenvalue weighted by molar-refractivity contribution is 0.337. The van der Waals surface area contributed by atoms with Crippen LogP contribution in [0.1, 0.15) is 31.0 Å². The number of hydrogen-bond donors (Lipinski definition) is 1. The number of anilines is 1. The van der Waals surface area contributed by atoms with Gasteiger partial charge in [0.15, 0.2) is 0 Å². The summed E-state index contributed by atoms with van der Waals surface area (Å²) in [5.41, 5.74) is 4.18. The summed E-state index contributed by atoms with van der Waals surface area (Å²) in [6.07, 6.45) is 1.11. The van der Waals surface area contributed by atoms with Crippen LogP contribution in [-0.4, -0.2) is 7.11 Å². The molecule has 0 spiro atoms. The highest BCUT2D eigenvalue weighted by Crippen LogP contribution is 2.47. The van der Waals surface area contributed by atoms with Crippen LogP contribution in [0.3, 0.4) is 0 Å². The van der Waals surface area contributed by atoms with Gasteiger partial charge in [0.2, 0.25) is 0 Å². The van der Waals surface area contributed by atoms with Crippen LogP contribution < -0.4 is 10.1 Å². The number of benzene rings is 2. The molecule has 3 heteroatoms. The minimum Gasteiger partial charge on any atom is -0.496 e. The van der Waals surface area contributed by atoms with Crippen LogP contribution in [-0.2, 0) is 6.42 Å². The molecule has 0 amide bonds. The van der Waals surface area contributed by atoms with Crippen LogP contribution in [0.25, 0.3) is 0 Å². The summed E-state index contributed by atoms with van der Waals surface area (Å²) in [6, 6.07) is 15.2. The first kappa shape index (κ1) is 14.5. The van der Waals surface area contributed by atoms with Crippen LogP contribution >= 0.6 is 15.9 Å². The van der Waals surface area contributed by atoms with Gasteiger partial charge in [-0.05, 0) is 57.1 Å². The first-order chi connectivity index (χ1) is 10.0. The molecule has 0 fully saturated rings. The molecule has 2 aromatic carbocycles. The minimum absolute atomic E-state index is 0.204. The van der Waals surface area contributed by atoms with Crippen molar-refractivity contribution in [1.29, 1.82) is 0 Å². The predicted octanol–water partition coefficient (Wildman–Crippen LogP) is 5.19. The lowest BCUT2D eigenvalue weighted by atomic mass is 9.85. The molecule has 3 rings (SSSR count). The largest absolute Gasteiger partial charge is 0.496 e. The summed E-state index contributed by atoms with van der Waals surface area (Å²) >= 11 is 3.55. The molecule has 0 radical (unpaired) electrons. The van der Waals surface area contributed by atoms with E-state index in [1.54, 1.807) is 7.11 Å². The summed E-state index contributed by atoms with van der Waals surface area (Å²) in [6.45, 7) is 4.65. The van der Waals surface area contributed by atoms with E-state index < -0.39 is 0 Å². The first-order valence-corrected chi connectivity index (χ1v) is 7.98. The summed E-state index contributed by atoms with van der Waals surface area (Å²) in [7, 11) is 1.68. The Morgan fingerprint density at radius 3 is 2.67 bits per heavy atom. The number of ether oxygens (including phenoxy) is 1. The molecule has 0 saturated carbocycles. The van der Waals surface area contributed by atoms with Crippen molar-refractivity contribution in [1.82, 2.24) is 0 Å². The van der Waals surface area contributed by atoms with Gasteiger partial charge in [-0.1, -0.05) is 38.1 Å². The van der Waals surface area contributed by atoms with Crippen molar-refractivity contribution in [3.05, 3.63) is 58.1 Å². The van der Waals surface area contributed by atoms with Gasteiger partial charge in [0.1, 0.15) is 5.75 Å². The van der Waals surface area contributed by atoms with Gasteiger partial charge < -0.3 is 10.1 Å². The van der Waals surface area contributed by atoms with Crippen LogP contribution in [0.2, 0.25) is 0 Å². The van der Waals surface area contributed by atoms with Gasteiger partial charge in [-0.15, -0.1) is 0 Å². The number of methoxy groups -OCH3 is 1. The van der Waals surface area contributed by atoms with E-state index >= 15 is 0 Å². The van der Waals surface area contributed by atoms with E-state index in [2.05, 4.69) is 71.5 Å². The van der Waals surface area contributed by atoms with E-state index in [-0.39, 0.29) is 5.41 Å². The Morgan fingerprint density at radius 2 is 1.95 bits per heavy atom. The molecule has 1 N–H and O–H groups in total. The fourth-order valence-corrected chi connectivity index (χ4v) is 3.73. The zero-order chi connectivity index (χ0) is 15.0. The van der Waals surface area contributed by atoms with E-state index in [9.17, 15) is 0 Å². The van der Waals surface area contributed by atoms with Crippen molar-refractivity contribution < 1.29 is 4.74 Å². The lowest BCUT2D eigenvalue weighted by Gasteiger charge is -2.29. The van der Waals surface area contributed by atoms with E-state index in [0.717, 1.165) is 22.3 Å². The highest BCUT2D eigenvalue weighted by Gasteiger charge is 2.38. The lowest BCUT2D eigenvalue weighted by Crippen LogP contribution is -2.24. The Morgan fingerprint density at radius 1 is 1.19 bits per heavy atom. The Bertz CT molecular complexity index is 666. The van der Waals surface area contributed by atoms with Crippen LogP contribution in [0, 0.1) is 5.41 Å². The zero-order valence-electron chi connectivity index (χ0n) is 12.6. The normalized spacial score (nSPS) is 19.1. The number of hydrogen-bond acceptors (Lipinski definition) is 2. The first-order valence-electron chi connectivity index (χ1n) is 7.19. The summed E-state index contributed by atoms with van der Waals surface area (Å²) in [5, 5.41) is 3.69. The second kappa shape index (κ2) is 5.38. The molecule has 2 aromatic rings. The van der Waals surface area contributed by atoms with E-state index in [0.29, 0.717) is 6.04 Å². The van der Waals surface area contributed by atoms with Crippen molar-refractivity contribution in [3.8, 4) is 5.75 Å². The number of fused-ring (bicyclic) bond motifs is 1. The molecule has 1 aliphatic carbocycles. The summed E-state index contributed by atoms with van der Waals surface area (Å²) in [5.74, 6) is 0.853. The average molecular weight is 346 g/mol. The fraction of sp³-hybridized carbons (Fsp3) is 0.333. The van der Waals surface area contributed by atoms with E-state index in [1.165, 1.54) is 11.1 Å². The molecule has 110 valence electrons. The molecule has 21 heavy (non-hydrogen) atoms. The van der Waals surface area contributed by atoms with Gasteiger partial charge in [-0.25, -0.2) is 0 Å². The Balaban J connectivity index is 1.92. The molecule has 1 atom stereocenters. The molecular weight excluding hydrogens is 326 g/mol. The van der Waals surface area contributed by atoms with Crippen molar-refractivity contribution in [2.45, 2.75) is 26.3 Å². The second-order valence-corrected chi connectivity index (χ2v) is 7.15. The maximum atomic E-state index is 5.29. The molecule has 0 aromatic heterocycles. The third-order valence-corrected chi connectivity index (χ3v) is 4.88. The summed E-state index contributed by atoms with van der Waals surface area (Å²) < 4.78 is 6.26. The van der Waals surface area contributed by atoms with E-state index in [1.807, 2.05) is 6.07 Å². The molecular formula is C18H20BrNO. The topological polar surface area (TPSA) is 21.3 Å². The van der Waals surface area contributed by atoms with Gasteiger partial charge in [0.05, 0.1) is 17.6 Å². The molecule has 0 saturated heterocycles. The number of rotatable bonds is 3. The monoisotopic (exact) mass is 345 g/mol. The van der Waals surface area contributed by atoms with Crippen LogP contribution in [0.15, 0.2) is 46.9 Å². The van der Waals surface area contributed by atoms with Gasteiger partial charge in [0.25, 0.3) is 0 Å². The van der Waals surface area contributed by atoms with Crippen molar-refractivity contribution in [2.24, 2.45) is 5.41 Å². The average Bonchev–Trinajstić information content (AvgIpc) is 2.70. The molecule has 2 nitrogen and oxygen atoms in total. The van der Waals surface area contributed by atoms with Crippen molar-refractivity contribution in [3.63, 3.8) is 0 Å². The highest BCUT2D eigenvalue weighted by atomic mass is 79.9. The van der Waals surface area contributed by atoms with Crippen molar-refractivity contribution in [2.75, 3.05) is 12.4 Å². The van der Waals surface area contributed by atoms with Gasteiger partial charge in [-0.2, -0.15) is 0 Å². The predicted molar refractivity (Wildman–Crippen MR) is 91.0 cm³/mol. The van der Waals surface area contributed by atoms with Gasteiger partial charge in [-0.3, -0.25) is 0 Å². The van der Waals surface area contributed by atoms with E-state index in [4.69, 9.17) is 4.74 Å². The van der Waals surface area contributed by atoms with Crippen LogP contribution in [0.4, 0.5) is 5.69 Å². The second-order valence-electron chi connectivity index (χ2n) is 6.29. The Hall–Kier alpha value is -1.48. The molecule has 0 heterocycles. The standard InChI is InChI=1S/C18H20BrNO/c1-18(2)11-12-6-4-5-7-14(12)17(18)20-13-8-9-16(21-3)15(19)10-13/h4-10,17,20H,11H2,1-3H3. The molecule has 1 unspecified atom stereocenters. The minimum atomic E-state index is 0.204. The number of halogens is 1. The Kier molecular flexibility index (Phi) is 3.70. The van der Waals surface area contributed by atoms with Crippen molar-refractivity contribution >= 4 is 21.6 Å². The maximum Gasteiger partial charge on any atom is 0.133 e. The third-order valence-electron chi connectivity index (χ3n) is 4.26. The quantitative estimate of drug-likeness (QED) is 0.825. The van der Waals surface area contributed by atoms with Gasteiger partial charge in [0, 0.05) is 5.69 Å². The molecule has 0 aliphatic heterocycles. The SMILES string of the molecule is COc1ccc(NC2c3ccccc3CC2(C)C)cc1Br. The Labute approximate surface area is 134 Å². The highest BCUT2D eigenvalue weighted by molar-refractivity contribution is 9.10. The zero-order valence-corrected chi connectivity index (χ0v) is 14.2.